The fraction of sp³-hybridized carbons (Fsp3) is 0.417. The lowest BCUT2D eigenvalue weighted by molar-refractivity contribution is -0.141. The standard InChI is InChI=1S/C12H13F3N4O/c1-7(5-6-16)19(2)11-8(10(17)20)3-4-9(18-11)12(13,14)15/h3-4,7H,5H2,1-2H3,(H2,17,20). The van der Waals surface area contributed by atoms with E-state index in [0.29, 0.717) is 6.07 Å². The van der Waals surface area contributed by atoms with Gasteiger partial charge in [0.25, 0.3) is 5.91 Å². The molecule has 0 aliphatic carbocycles. The number of primary amides is 1. The van der Waals surface area contributed by atoms with E-state index >= 15 is 0 Å². The Balaban J connectivity index is 3.33. The number of hydrogen-bond donors (Lipinski definition) is 1. The molecule has 5 nitrogen and oxygen atoms in total. The van der Waals surface area contributed by atoms with E-state index in [1.165, 1.54) is 11.9 Å². The van der Waals surface area contributed by atoms with E-state index < -0.39 is 23.8 Å². The molecular formula is C12H13F3N4O. The highest BCUT2D eigenvalue weighted by molar-refractivity contribution is 5.97. The second-order valence-corrected chi connectivity index (χ2v) is 4.25. The number of carbonyl (C=O) groups excluding carboxylic acids is 1. The van der Waals surface area contributed by atoms with Crippen molar-refractivity contribution in [1.82, 2.24) is 4.98 Å². The Kier molecular flexibility index (Phi) is 4.55. The predicted molar refractivity (Wildman–Crippen MR) is 65.9 cm³/mol. The molecule has 8 heteroatoms. The maximum atomic E-state index is 12.7. The fourth-order valence-electron chi connectivity index (χ4n) is 1.55. The van der Waals surface area contributed by atoms with Crippen LogP contribution in [0.2, 0.25) is 0 Å². The van der Waals surface area contributed by atoms with Crippen LogP contribution in [0.1, 0.15) is 29.4 Å². The number of halogens is 3. The number of rotatable bonds is 4. The Labute approximate surface area is 113 Å². The van der Waals surface area contributed by atoms with Gasteiger partial charge in [-0.3, -0.25) is 4.79 Å². The Morgan fingerprint density at radius 1 is 1.55 bits per heavy atom. The summed E-state index contributed by atoms with van der Waals surface area (Å²) >= 11 is 0. The van der Waals surface area contributed by atoms with Crippen LogP contribution in [-0.4, -0.2) is 24.0 Å². The van der Waals surface area contributed by atoms with Crippen LogP contribution in [0.15, 0.2) is 12.1 Å². The van der Waals surface area contributed by atoms with Crippen LogP contribution < -0.4 is 10.6 Å². The third-order valence-corrected chi connectivity index (χ3v) is 2.81. The number of nitrogens with zero attached hydrogens (tertiary/aromatic N) is 3. The van der Waals surface area contributed by atoms with Gasteiger partial charge in [0.2, 0.25) is 0 Å². The van der Waals surface area contributed by atoms with Gasteiger partial charge in [-0.05, 0) is 19.1 Å². The highest BCUT2D eigenvalue weighted by Gasteiger charge is 2.34. The van der Waals surface area contributed by atoms with Crippen LogP contribution >= 0.6 is 0 Å². The van der Waals surface area contributed by atoms with Crippen molar-refractivity contribution in [1.29, 1.82) is 5.26 Å². The molecule has 1 rings (SSSR count). The summed E-state index contributed by atoms with van der Waals surface area (Å²) in [5, 5.41) is 8.63. The summed E-state index contributed by atoms with van der Waals surface area (Å²) in [4.78, 5) is 16.1. The third kappa shape index (κ3) is 3.38. The van der Waals surface area contributed by atoms with Gasteiger partial charge in [-0.1, -0.05) is 0 Å². The van der Waals surface area contributed by atoms with Gasteiger partial charge in [-0.2, -0.15) is 18.4 Å². The summed E-state index contributed by atoms with van der Waals surface area (Å²) in [6.07, 6.45) is -4.54. The van der Waals surface area contributed by atoms with Crippen LogP contribution in [0.4, 0.5) is 19.0 Å². The van der Waals surface area contributed by atoms with Crippen molar-refractivity contribution in [2.45, 2.75) is 25.6 Å². The number of amides is 1. The van der Waals surface area contributed by atoms with Crippen LogP contribution in [0.25, 0.3) is 0 Å². The molecule has 0 bridgehead atoms. The number of aromatic nitrogens is 1. The molecule has 0 saturated carbocycles. The fourth-order valence-corrected chi connectivity index (χ4v) is 1.55. The number of carbonyl (C=O) groups is 1. The SMILES string of the molecule is CC(CC#N)N(C)c1nc(C(F)(F)F)ccc1C(N)=O. The highest BCUT2D eigenvalue weighted by Crippen LogP contribution is 2.30. The number of nitrogens with two attached hydrogens (primary N) is 1. The summed E-state index contributed by atoms with van der Waals surface area (Å²) in [6, 6.07) is 3.19. The maximum absolute atomic E-state index is 12.7. The van der Waals surface area contributed by atoms with E-state index in [-0.39, 0.29) is 17.8 Å². The summed E-state index contributed by atoms with van der Waals surface area (Å²) in [6.45, 7) is 1.63. The smallest absolute Gasteiger partial charge is 0.365 e. The molecular weight excluding hydrogens is 273 g/mol. The summed E-state index contributed by atoms with van der Waals surface area (Å²) in [7, 11) is 1.46. The second-order valence-electron chi connectivity index (χ2n) is 4.25. The first-order valence-corrected chi connectivity index (χ1v) is 5.66. The van der Waals surface area contributed by atoms with Crippen LogP contribution in [0, 0.1) is 11.3 Å². The van der Waals surface area contributed by atoms with Gasteiger partial charge in [0.15, 0.2) is 0 Å². The van der Waals surface area contributed by atoms with Gasteiger partial charge in [0.1, 0.15) is 11.5 Å². The van der Waals surface area contributed by atoms with Crippen molar-refractivity contribution in [2.24, 2.45) is 5.73 Å². The minimum Gasteiger partial charge on any atom is -0.365 e. The number of nitriles is 1. The van der Waals surface area contributed by atoms with E-state index in [1.54, 1.807) is 6.92 Å². The zero-order chi connectivity index (χ0) is 15.5. The van der Waals surface area contributed by atoms with Gasteiger partial charge in [-0.25, -0.2) is 4.98 Å². The lowest BCUT2D eigenvalue weighted by Gasteiger charge is -2.26. The molecule has 0 aromatic carbocycles. The van der Waals surface area contributed by atoms with Gasteiger partial charge in [0, 0.05) is 13.1 Å². The summed E-state index contributed by atoms with van der Waals surface area (Å²) in [5.41, 5.74) is 3.90. The summed E-state index contributed by atoms with van der Waals surface area (Å²) < 4.78 is 38.0. The Hall–Kier alpha value is -2.30. The number of pyridine rings is 1. The lowest BCUT2D eigenvalue weighted by Crippen LogP contribution is -2.32. The predicted octanol–water partition coefficient (Wildman–Crippen LogP) is 1.94. The van der Waals surface area contributed by atoms with Crippen molar-refractivity contribution in [2.75, 3.05) is 11.9 Å². The first-order valence-electron chi connectivity index (χ1n) is 5.66. The largest absolute Gasteiger partial charge is 0.433 e. The van der Waals surface area contributed by atoms with Crippen LogP contribution in [0.5, 0.6) is 0 Å². The van der Waals surface area contributed by atoms with Crippen molar-refractivity contribution in [3.05, 3.63) is 23.4 Å². The molecule has 0 aliphatic rings. The molecule has 20 heavy (non-hydrogen) atoms. The average molecular weight is 286 g/mol. The topological polar surface area (TPSA) is 83.0 Å². The minimum atomic E-state index is -4.62. The zero-order valence-electron chi connectivity index (χ0n) is 10.9. The second kappa shape index (κ2) is 5.77. The van der Waals surface area contributed by atoms with E-state index in [9.17, 15) is 18.0 Å². The quantitative estimate of drug-likeness (QED) is 0.916. The maximum Gasteiger partial charge on any atom is 0.433 e. The number of anilines is 1. The van der Waals surface area contributed by atoms with Gasteiger partial charge in [-0.15, -0.1) is 0 Å². The average Bonchev–Trinajstić information content (AvgIpc) is 2.36. The molecule has 1 unspecified atom stereocenters. The molecule has 0 radical (unpaired) electrons. The lowest BCUT2D eigenvalue weighted by atomic mass is 10.1. The first-order chi connectivity index (χ1) is 9.18. The number of hydrogen-bond acceptors (Lipinski definition) is 4. The minimum absolute atomic E-state index is 0.0760. The van der Waals surface area contributed by atoms with Crippen molar-refractivity contribution in [3.63, 3.8) is 0 Å². The van der Waals surface area contributed by atoms with Crippen LogP contribution in [-0.2, 0) is 6.18 Å². The normalized spacial score (nSPS) is 12.6. The molecule has 2 N–H and O–H groups in total. The molecule has 1 aromatic rings. The Bertz CT molecular complexity index is 551. The molecule has 1 amide bonds. The van der Waals surface area contributed by atoms with Crippen molar-refractivity contribution in [3.8, 4) is 6.07 Å². The molecule has 0 spiro atoms. The zero-order valence-corrected chi connectivity index (χ0v) is 10.9. The van der Waals surface area contributed by atoms with Crippen LogP contribution in [0.3, 0.4) is 0 Å². The van der Waals surface area contributed by atoms with Gasteiger partial charge >= 0.3 is 6.18 Å². The van der Waals surface area contributed by atoms with E-state index in [4.69, 9.17) is 11.0 Å². The molecule has 108 valence electrons. The van der Waals surface area contributed by atoms with Gasteiger partial charge in [0.05, 0.1) is 18.1 Å². The highest BCUT2D eigenvalue weighted by atomic mass is 19.4. The molecule has 1 heterocycles. The number of alkyl halides is 3. The monoisotopic (exact) mass is 286 g/mol. The molecule has 1 aromatic heterocycles. The van der Waals surface area contributed by atoms with E-state index in [0.717, 1.165) is 6.07 Å². The molecule has 1 atom stereocenters. The van der Waals surface area contributed by atoms with Gasteiger partial charge < -0.3 is 10.6 Å². The van der Waals surface area contributed by atoms with E-state index in [1.807, 2.05) is 6.07 Å². The van der Waals surface area contributed by atoms with Crippen molar-refractivity contribution < 1.29 is 18.0 Å². The van der Waals surface area contributed by atoms with E-state index in [2.05, 4.69) is 4.98 Å². The van der Waals surface area contributed by atoms with Crippen molar-refractivity contribution >= 4 is 11.7 Å². The Morgan fingerprint density at radius 3 is 2.60 bits per heavy atom. The molecule has 0 saturated heterocycles. The molecule has 0 aliphatic heterocycles. The third-order valence-electron chi connectivity index (χ3n) is 2.81. The first kappa shape index (κ1) is 15.8. The summed E-state index contributed by atoms with van der Waals surface area (Å²) in [5.74, 6) is -1.06. The molecule has 0 fully saturated rings. The Morgan fingerprint density at radius 2 is 2.15 bits per heavy atom.